The maximum atomic E-state index is 3.40. The Bertz CT molecular complexity index is 338. The average molecular weight is 207 g/mol. The maximum absolute atomic E-state index is 3.40. The van der Waals surface area contributed by atoms with Crippen molar-refractivity contribution in [2.24, 2.45) is 0 Å². The molecule has 0 spiro atoms. The van der Waals surface area contributed by atoms with Crippen molar-refractivity contribution in [3.8, 4) is 0 Å². The van der Waals surface area contributed by atoms with Crippen molar-refractivity contribution in [3.05, 3.63) is 21.4 Å². The Morgan fingerprint density at radius 2 is 2.21 bits per heavy atom. The number of hydrogen-bond acceptors (Lipinski definition) is 2. The summed E-state index contributed by atoms with van der Waals surface area (Å²) < 4.78 is 0. The molecule has 0 bridgehead atoms. The molecule has 1 saturated carbocycles. The third-order valence-electron chi connectivity index (χ3n) is 3.49. The summed E-state index contributed by atoms with van der Waals surface area (Å²) in [5, 5.41) is 3.40. The van der Waals surface area contributed by atoms with Crippen LogP contribution in [-0.4, -0.2) is 13.1 Å². The van der Waals surface area contributed by atoms with E-state index in [0.29, 0.717) is 0 Å². The highest BCUT2D eigenvalue weighted by Crippen LogP contribution is 2.45. The van der Waals surface area contributed by atoms with Crippen LogP contribution in [0.4, 0.5) is 0 Å². The van der Waals surface area contributed by atoms with E-state index in [1.54, 1.807) is 15.3 Å². The molecule has 0 amide bonds. The lowest BCUT2D eigenvalue weighted by Gasteiger charge is -2.21. The number of hydrogen-bond donors (Lipinski definition) is 1. The van der Waals surface area contributed by atoms with Crippen LogP contribution in [-0.2, 0) is 12.8 Å². The Morgan fingerprint density at radius 1 is 1.36 bits per heavy atom. The molecule has 1 heterocycles. The van der Waals surface area contributed by atoms with Gasteiger partial charge < -0.3 is 5.32 Å². The monoisotopic (exact) mass is 207 g/mol. The van der Waals surface area contributed by atoms with E-state index < -0.39 is 0 Å². The molecule has 2 heteroatoms. The summed E-state index contributed by atoms with van der Waals surface area (Å²) in [6, 6.07) is 3.21. The van der Waals surface area contributed by atoms with Crippen molar-refractivity contribution in [1.29, 1.82) is 0 Å². The molecule has 1 aromatic rings. The third kappa shape index (κ3) is 1.51. The predicted octanol–water partition coefficient (Wildman–Crippen LogP) is 2.70. The molecule has 1 aromatic heterocycles. The third-order valence-corrected chi connectivity index (χ3v) is 4.89. The van der Waals surface area contributed by atoms with Gasteiger partial charge in [-0.05, 0) is 56.7 Å². The summed E-state index contributed by atoms with van der Waals surface area (Å²) in [7, 11) is 2.09. The molecule has 14 heavy (non-hydrogen) atoms. The first-order chi connectivity index (χ1) is 6.86. The molecule has 2 aliphatic carbocycles. The fourth-order valence-electron chi connectivity index (χ4n) is 2.36. The molecule has 0 saturated heterocycles. The first kappa shape index (κ1) is 8.93. The van der Waals surface area contributed by atoms with E-state index in [9.17, 15) is 0 Å². The van der Waals surface area contributed by atoms with Gasteiger partial charge in [0.2, 0.25) is 0 Å². The van der Waals surface area contributed by atoms with Crippen molar-refractivity contribution in [2.45, 2.75) is 44.1 Å². The number of likely N-dealkylation sites (N-methyl/N-ethyl adjacent to an activating group) is 1. The van der Waals surface area contributed by atoms with Crippen molar-refractivity contribution in [3.63, 3.8) is 0 Å². The van der Waals surface area contributed by atoms with Crippen molar-refractivity contribution in [1.82, 2.24) is 5.32 Å². The van der Waals surface area contributed by atoms with Crippen LogP contribution in [0.2, 0.25) is 0 Å². The Morgan fingerprint density at radius 3 is 2.93 bits per heavy atom. The molecule has 1 unspecified atom stereocenters. The van der Waals surface area contributed by atoms with E-state index in [4.69, 9.17) is 0 Å². The van der Waals surface area contributed by atoms with Crippen LogP contribution in [0.15, 0.2) is 6.07 Å². The lowest BCUT2D eigenvalue weighted by atomic mass is 9.94. The highest BCUT2D eigenvalue weighted by atomic mass is 32.1. The van der Waals surface area contributed by atoms with Crippen LogP contribution in [0.1, 0.15) is 40.5 Å². The first-order valence-electron chi connectivity index (χ1n) is 5.65. The molecular weight excluding hydrogens is 190 g/mol. The van der Waals surface area contributed by atoms with Crippen molar-refractivity contribution in [2.75, 3.05) is 7.05 Å². The van der Waals surface area contributed by atoms with Gasteiger partial charge in [0.05, 0.1) is 0 Å². The quantitative estimate of drug-likeness (QED) is 0.786. The van der Waals surface area contributed by atoms with Crippen LogP contribution in [0.3, 0.4) is 0 Å². The minimum atomic E-state index is 0.726. The summed E-state index contributed by atoms with van der Waals surface area (Å²) >= 11 is 2.09. The smallest absolute Gasteiger partial charge is 0.0108 e. The second-order valence-corrected chi connectivity index (χ2v) is 5.77. The molecule has 0 aromatic carbocycles. The van der Waals surface area contributed by atoms with Gasteiger partial charge in [0.1, 0.15) is 0 Å². The van der Waals surface area contributed by atoms with Crippen LogP contribution in [0.5, 0.6) is 0 Å². The Balaban J connectivity index is 1.85. The van der Waals surface area contributed by atoms with Gasteiger partial charge in [0.25, 0.3) is 0 Å². The van der Waals surface area contributed by atoms with Crippen molar-refractivity contribution < 1.29 is 0 Å². The van der Waals surface area contributed by atoms with Gasteiger partial charge in [0, 0.05) is 15.8 Å². The van der Waals surface area contributed by atoms with E-state index in [0.717, 1.165) is 12.0 Å². The fraction of sp³-hybridized carbons (Fsp3) is 0.667. The number of aryl methyl sites for hydroxylation is 1. The van der Waals surface area contributed by atoms with E-state index in [2.05, 4.69) is 29.8 Å². The van der Waals surface area contributed by atoms with Gasteiger partial charge in [-0.1, -0.05) is 0 Å². The highest BCUT2D eigenvalue weighted by Gasteiger charge is 2.28. The van der Waals surface area contributed by atoms with Gasteiger partial charge >= 0.3 is 0 Å². The Hall–Kier alpha value is -0.340. The molecule has 3 rings (SSSR count). The first-order valence-corrected chi connectivity index (χ1v) is 6.47. The topological polar surface area (TPSA) is 12.0 Å². The second-order valence-electron chi connectivity index (χ2n) is 4.60. The van der Waals surface area contributed by atoms with Crippen LogP contribution in [0.25, 0.3) is 0 Å². The van der Waals surface area contributed by atoms with Gasteiger partial charge in [-0.2, -0.15) is 0 Å². The molecule has 0 radical (unpaired) electrons. The minimum absolute atomic E-state index is 0.726. The number of fused-ring (bicyclic) bond motifs is 1. The summed E-state index contributed by atoms with van der Waals surface area (Å²) in [4.78, 5) is 3.35. The average Bonchev–Trinajstić information content (AvgIpc) is 2.97. The van der Waals surface area contributed by atoms with E-state index >= 15 is 0 Å². The maximum Gasteiger partial charge on any atom is 0.0108 e. The molecule has 0 aliphatic heterocycles. The van der Waals surface area contributed by atoms with E-state index in [1.165, 1.54) is 32.1 Å². The van der Waals surface area contributed by atoms with Gasteiger partial charge in [-0.3, -0.25) is 0 Å². The molecule has 2 aliphatic rings. The zero-order valence-corrected chi connectivity index (χ0v) is 9.49. The highest BCUT2D eigenvalue weighted by molar-refractivity contribution is 7.12. The van der Waals surface area contributed by atoms with Crippen LogP contribution in [0, 0.1) is 0 Å². The molecule has 76 valence electrons. The normalized spacial score (nSPS) is 26.2. The second kappa shape index (κ2) is 3.35. The summed E-state index contributed by atoms with van der Waals surface area (Å²) in [5.74, 6) is 0.943. The molecule has 1 N–H and O–H groups in total. The SMILES string of the molecule is CNC1CCc2sc(C3CC3)cc2C1. The summed E-state index contributed by atoms with van der Waals surface area (Å²) in [6.45, 7) is 0. The molecule has 1 nitrogen and oxygen atoms in total. The summed E-state index contributed by atoms with van der Waals surface area (Å²) in [6.07, 6.45) is 6.77. The number of rotatable bonds is 2. The number of thiophene rings is 1. The summed E-state index contributed by atoms with van der Waals surface area (Å²) in [5.41, 5.74) is 1.64. The Labute approximate surface area is 89.5 Å². The van der Waals surface area contributed by atoms with Gasteiger partial charge in [-0.25, -0.2) is 0 Å². The lowest BCUT2D eigenvalue weighted by Crippen LogP contribution is -2.30. The van der Waals surface area contributed by atoms with Crippen LogP contribution >= 0.6 is 11.3 Å². The minimum Gasteiger partial charge on any atom is -0.317 e. The predicted molar refractivity (Wildman–Crippen MR) is 61.2 cm³/mol. The molecule has 1 atom stereocenters. The zero-order valence-electron chi connectivity index (χ0n) is 8.68. The van der Waals surface area contributed by atoms with E-state index in [1.807, 2.05) is 0 Å². The molecular formula is C12H17NS. The van der Waals surface area contributed by atoms with E-state index in [-0.39, 0.29) is 0 Å². The van der Waals surface area contributed by atoms with Gasteiger partial charge in [0.15, 0.2) is 0 Å². The zero-order chi connectivity index (χ0) is 9.54. The van der Waals surface area contributed by atoms with Crippen molar-refractivity contribution >= 4 is 11.3 Å². The lowest BCUT2D eigenvalue weighted by molar-refractivity contribution is 0.500. The largest absolute Gasteiger partial charge is 0.317 e. The number of nitrogens with one attached hydrogen (secondary N) is 1. The molecule has 1 fully saturated rings. The fourth-order valence-corrected chi connectivity index (χ4v) is 3.74. The van der Waals surface area contributed by atoms with Crippen LogP contribution < -0.4 is 5.32 Å². The Kier molecular flexibility index (Phi) is 2.14. The standard InChI is InChI=1S/C12H17NS/c1-13-10-4-5-11-9(6-10)7-12(14-11)8-2-3-8/h7-8,10,13H,2-6H2,1H3. The van der Waals surface area contributed by atoms with Gasteiger partial charge in [-0.15, -0.1) is 11.3 Å².